The summed E-state index contributed by atoms with van der Waals surface area (Å²) in [5, 5.41) is 2.68. The molecule has 0 aromatic carbocycles. The van der Waals surface area contributed by atoms with Gasteiger partial charge in [0.15, 0.2) is 5.82 Å². The molecule has 0 radical (unpaired) electrons. The van der Waals surface area contributed by atoms with Crippen molar-refractivity contribution in [3.05, 3.63) is 10.3 Å². The van der Waals surface area contributed by atoms with E-state index in [9.17, 15) is 4.79 Å². The second kappa shape index (κ2) is 7.16. The zero-order chi connectivity index (χ0) is 13.6. The number of alkyl carbamates (subject to hydrolysis) is 1. The molecule has 0 fully saturated rings. The lowest BCUT2D eigenvalue weighted by Gasteiger charge is -2.19. The standard InChI is InChI=1S/C10H16ClN3O2S2/c1-10(2,3)16-9(15)12-4-5-17-6-7-13-8(11)18-14-7/h4-6H2,1-3H3,(H,12,15). The lowest BCUT2D eigenvalue weighted by molar-refractivity contribution is 0.0531. The monoisotopic (exact) mass is 309 g/mol. The molecule has 0 unspecified atom stereocenters. The predicted molar refractivity (Wildman–Crippen MR) is 75.3 cm³/mol. The number of nitrogens with zero attached hydrogens (tertiary/aromatic N) is 2. The average molecular weight is 310 g/mol. The number of hydrogen-bond donors (Lipinski definition) is 1. The van der Waals surface area contributed by atoms with Gasteiger partial charge < -0.3 is 10.1 Å². The van der Waals surface area contributed by atoms with Crippen LogP contribution in [-0.2, 0) is 10.5 Å². The molecule has 8 heteroatoms. The zero-order valence-corrected chi connectivity index (χ0v) is 12.9. The molecule has 0 aliphatic carbocycles. The van der Waals surface area contributed by atoms with Crippen molar-refractivity contribution in [2.75, 3.05) is 12.3 Å². The molecule has 0 aliphatic rings. The highest BCUT2D eigenvalue weighted by Crippen LogP contribution is 2.15. The van der Waals surface area contributed by atoms with Gasteiger partial charge in [-0.15, -0.1) is 0 Å². The molecule has 0 aliphatic heterocycles. The highest BCUT2D eigenvalue weighted by Gasteiger charge is 2.15. The molecule has 0 spiro atoms. The number of amides is 1. The first-order valence-electron chi connectivity index (χ1n) is 5.39. The summed E-state index contributed by atoms with van der Waals surface area (Å²) in [7, 11) is 0. The van der Waals surface area contributed by atoms with Crippen LogP contribution >= 0.6 is 34.9 Å². The zero-order valence-electron chi connectivity index (χ0n) is 10.5. The minimum Gasteiger partial charge on any atom is -0.444 e. The van der Waals surface area contributed by atoms with Crippen LogP contribution in [0, 0.1) is 0 Å². The maximum atomic E-state index is 11.3. The van der Waals surface area contributed by atoms with Crippen LogP contribution in [0.15, 0.2) is 0 Å². The highest BCUT2D eigenvalue weighted by molar-refractivity contribution is 7.98. The van der Waals surface area contributed by atoms with E-state index in [1.807, 2.05) is 20.8 Å². The van der Waals surface area contributed by atoms with Gasteiger partial charge in [-0.3, -0.25) is 0 Å². The maximum absolute atomic E-state index is 11.3. The Morgan fingerprint density at radius 1 is 1.56 bits per heavy atom. The van der Waals surface area contributed by atoms with E-state index in [1.165, 1.54) is 11.5 Å². The Morgan fingerprint density at radius 3 is 2.83 bits per heavy atom. The van der Waals surface area contributed by atoms with Gasteiger partial charge in [-0.2, -0.15) is 16.1 Å². The Bertz CT molecular complexity index is 393. The van der Waals surface area contributed by atoms with Gasteiger partial charge in [0.1, 0.15) is 5.60 Å². The van der Waals surface area contributed by atoms with Crippen molar-refractivity contribution in [2.45, 2.75) is 32.1 Å². The molecular weight excluding hydrogens is 294 g/mol. The number of hydrogen-bond acceptors (Lipinski definition) is 6. The van der Waals surface area contributed by atoms with Gasteiger partial charge in [0.05, 0.1) is 5.75 Å². The van der Waals surface area contributed by atoms with E-state index in [1.54, 1.807) is 11.8 Å². The molecule has 0 atom stereocenters. The van der Waals surface area contributed by atoms with Gasteiger partial charge in [-0.05, 0) is 43.9 Å². The summed E-state index contributed by atoms with van der Waals surface area (Å²) in [4.78, 5) is 15.3. The van der Waals surface area contributed by atoms with Crippen LogP contribution in [0.1, 0.15) is 26.6 Å². The number of thioether (sulfide) groups is 1. The first kappa shape index (κ1) is 15.5. The van der Waals surface area contributed by atoms with E-state index in [0.29, 0.717) is 16.8 Å². The molecule has 1 heterocycles. The van der Waals surface area contributed by atoms with Crippen LogP contribution in [0.4, 0.5) is 4.79 Å². The molecule has 18 heavy (non-hydrogen) atoms. The smallest absolute Gasteiger partial charge is 0.407 e. The third-order valence-corrected chi connectivity index (χ3v) is 3.38. The molecule has 0 saturated heterocycles. The lowest BCUT2D eigenvalue weighted by atomic mass is 10.2. The molecule has 0 bridgehead atoms. The second-order valence-electron chi connectivity index (χ2n) is 4.44. The Labute approximate surface area is 120 Å². The molecule has 1 aromatic rings. The first-order valence-corrected chi connectivity index (χ1v) is 7.70. The van der Waals surface area contributed by atoms with Crippen LogP contribution in [0.3, 0.4) is 0 Å². The molecule has 1 amide bonds. The van der Waals surface area contributed by atoms with E-state index in [2.05, 4.69) is 14.7 Å². The summed E-state index contributed by atoms with van der Waals surface area (Å²) in [6.45, 7) is 6.05. The summed E-state index contributed by atoms with van der Waals surface area (Å²) < 4.78 is 9.62. The van der Waals surface area contributed by atoms with E-state index in [4.69, 9.17) is 16.3 Å². The summed E-state index contributed by atoms with van der Waals surface area (Å²) in [5.41, 5.74) is -0.460. The molecule has 1 N–H and O–H groups in total. The Balaban J connectivity index is 2.07. The topological polar surface area (TPSA) is 64.1 Å². The third kappa shape index (κ3) is 7.03. The van der Waals surface area contributed by atoms with E-state index < -0.39 is 11.7 Å². The van der Waals surface area contributed by atoms with Gasteiger partial charge in [-0.1, -0.05) is 0 Å². The van der Waals surface area contributed by atoms with Crippen molar-refractivity contribution in [3.63, 3.8) is 0 Å². The highest BCUT2D eigenvalue weighted by atomic mass is 35.5. The van der Waals surface area contributed by atoms with Crippen LogP contribution in [0.2, 0.25) is 4.47 Å². The fourth-order valence-corrected chi connectivity index (χ4v) is 2.41. The Morgan fingerprint density at radius 2 is 2.28 bits per heavy atom. The predicted octanol–water partition coefficient (Wildman–Crippen LogP) is 2.95. The number of carbonyl (C=O) groups is 1. The summed E-state index contributed by atoms with van der Waals surface area (Å²) >= 11 is 8.48. The van der Waals surface area contributed by atoms with Crippen molar-refractivity contribution in [1.29, 1.82) is 0 Å². The van der Waals surface area contributed by atoms with Crippen molar-refractivity contribution < 1.29 is 9.53 Å². The minimum atomic E-state index is -0.460. The van der Waals surface area contributed by atoms with E-state index in [0.717, 1.165) is 11.6 Å². The first-order chi connectivity index (χ1) is 8.37. The maximum Gasteiger partial charge on any atom is 0.407 e. The van der Waals surface area contributed by atoms with E-state index in [-0.39, 0.29) is 0 Å². The molecule has 1 aromatic heterocycles. The van der Waals surface area contributed by atoms with Crippen LogP contribution in [-0.4, -0.2) is 33.3 Å². The number of carbonyl (C=O) groups excluding carboxylic acids is 1. The summed E-state index contributed by atoms with van der Waals surface area (Å²) in [6.07, 6.45) is -0.391. The van der Waals surface area contributed by atoms with Crippen molar-refractivity contribution in [2.24, 2.45) is 0 Å². The SMILES string of the molecule is CC(C)(C)OC(=O)NCCSCc1nsc(Cl)n1. The average Bonchev–Trinajstić information content (AvgIpc) is 2.61. The molecular formula is C10H16ClN3O2S2. The lowest BCUT2D eigenvalue weighted by Crippen LogP contribution is -2.33. The summed E-state index contributed by atoms with van der Waals surface area (Å²) in [6, 6.07) is 0. The number of rotatable bonds is 5. The fourth-order valence-electron chi connectivity index (χ4n) is 0.994. The van der Waals surface area contributed by atoms with Crippen molar-refractivity contribution in [1.82, 2.24) is 14.7 Å². The normalized spacial score (nSPS) is 11.3. The van der Waals surface area contributed by atoms with Crippen LogP contribution < -0.4 is 5.32 Å². The van der Waals surface area contributed by atoms with E-state index >= 15 is 0 Å². The van der Waals surface area contributed by atoms with Crippen molar-refractivity contribution >= 4 is 41.0 Å². The van der Waals surface area contributed by atoms with Gasteiger partial charge in [0.25, 0.3) is 0 Å². The van der Waals surface area contributed by atoms with Crippen LogP contribution in [0.25, 0.3) is 0 Å². The fraction of sp³-hybridized carbons (Fsp3) is 0.700. The molecule has 0 saturated carbocycles. The van der Waals surface area contributed by atoms with Gasteiger partial charge in [0, 0.05) is 12.3 Å². The quantitative estimate of drug-likeness (QED) is 0.847. The largest absolute Gasteiger partial charge is 0.444 e. The molecule has 1 rings (SSSR count). The molecule has 102 valence electrons. The van der Waals surface area contributed by atoms with Crippen LogP contribution in [0.5, 0.6) is 0 Å². The van der Waals surface area contributed by atoms with Crippen molar-refractivity contribution in [3.8, 4) is 0 Å². The third-order valence-electron chi connectivity index (χ3n) is 1.59. The van der Waals surface area contributed by atoms with Gasteiger partial charge in [0.2, 0.25) is 4.47 Å². The second-order valence-corrected chi connectivity index (χ2v) is 6.88. The van der Waals surface area contributed by atoms with Gasteiger partial charge >= 0.3 is 6.09 Å². The Hall–Kier alpha value is -0.530. The number of ether oxygens (including phenoxy) is 1. The minimum absolute atomic E-state index is 0.391. The summed E-state index contributed by atoms with van der Waals surface area (Å²) in [5.74, 6) is 2.20. The number of aromatic nitrogens is 2. The van der Waals surface area contributed by atoms with Gasteiger partial charge in [-0.25, -0.2) is 9.78 Å². The number of halogens is 1. The molecule has 5 nitrogen and oxygen atoms in total. The Kier molecular flexibility index (Phi) is 6.17. The number of nitrogens with one attached hydrogen (secondary N) is 1.